The molecule has 0 atom stereocenters. The molecule has 6 nitrogen and oxygen atoms in total. The third-order valence-electron chi connectivity index (χ3n) is 3.49. The van der Waals surface area contributed by atoms with Crippen LogP contribution in [0.2, 0.25) is 0 Å². The van der Waals surface area contributed by atoms with Gasteiger partial charge in [-0.2, -0.15) is 4.98 Å². The first kappa shape index (κ1) is 17.9. The first-order valence-electron chi connectivity index (χ1n) is 7.80. The number of hydrogen-bond acceptors (Lipinski definition) is 6. The number of anilines is 1. The highest BCUT2D eigenvalue weighted by Gasteiger charge is 2.04. The molecule has 6 heteroatoms. The van der Waals surface area contributed by atoms with Gasteiger partial charge in [0.05, 0.1) is 26.0 Å². The van der Waals surface area contributed by atoms with E-state index in [4.69, 9.17) is 14.9 Å². The molecule has 24 heavy (non-hydrogen) atoms. The lowest BCUT2D eigenvalue weighted by Gasteiger charge is -2.22. The van der Waals surface area contributed by atoms with Crippen LogP contribution >= 0.6 is 0 Å². The molecular weight excluding hydrogens is 306 g/mol. The van der Waals surface area contributed by atoms with E-state index < -0.39 is 0 Å². The molecule has 0 fully saturated rings. The van der Waals surface area contributed by atoms with E-state index >= 15 is 0 Å². The minimum absolute atomic E-state index is 0.0521. The molecule has 0 bridgehead atoms. The maximum Gasteiger partial charge on any atom is 0.216 e. The van der Waals surface area contributed by atoms with Gasteiger partial charge in [-0.15, -0.1) is 0 Å². The van der Waals surface area contributed by atoms with Crippen LogP contribution in [0.5, 0.6) is 5.88 Å². The molecule has 0 saturated heterocycles. The number of benzene rings is 1. The van der Waals surface area contributed by atoms with Crippen molar-refractivity contribution in [2.45, 2.75) is 6.92 Å². The predicted octanol–water partition coefficient (Wildman–Crippen LogP) is 1.76. The van der Waals surface area contributed by atoms with E-state index in [0.717, 1.165) is 16.9 Å². The average molecular weight is 329 g/mol. The van der Waals surface area contributed by atoms with Gasteiger partial charge >= 0.3 is 0 Å². The summed E-state index contributed by atoms with van der Waals surface area (Å²) in [5, 5.41) is 18.2. The standard InChI is InChI=1S/C18H23N3O3/c1-14-19-16(13-18(20-14)24-2)6-3-15-4-7-17(8-5-15)21(9-11-22)10-12-23/h3-8,13,22-23H,9-12H2,1-2H3/b6-3+. The Morgan fingerprint density at radius 2 is 1.71 bits per heavy atom. The zero-order valence-corrected chi connectivity index (χ0v) is 14.0. The fourth-order valence-corrected chi connectivity index (χ4v) is 2.34. The van der Waals surface area contributed by atoms with Gasteiger partial charge in [0, 0.05) is 24.8 Å². The molecule has 1 aromatic heterocycles. The van der Waals surface area contributed by atoms with Crippen LogP contribution in [0, 0.1) is 6.92 Å². The lowest BCUT2D eigenvalue weighted by atomic mass is 10.1. The van der Waals surface area contributed by atoms with Crippen molar-refractivity contribution < 1.29 is 14.9 Å². The van der Waals surface area contributed by atoms with E-state index in [9.17, 15) is 0 Å². The fraction of sp³-hybridized carbons (Fsp3) is 0.333. The first-order valence-corrected chi connectivity index (χ1v) is 7.80. The Morgan fingerprint density at radius 3 is 2.29 bits per heavy atom. The van der Waals surface area contributed by atoms with E-state index in [1.807, 2.05) is 48.2 Å². The Hall–Kier alpha value is -2.44. The van der Waals surface area contributed by atoms with Crippen LogP contribution in [0.15, 0.2) is 30.3 Å². The van der Waals surface area contributed by atoms with Crippen molar-refractivity contribution in [3.8, 4) is 5.88 Å². The molecule has 1 aromatic carbocycles. The van der Waals surface area contributed by atoms with Crippen molar-refractivity contribution >= 4 is 17.8 Å². The highest BCUT2D eigenvalue weighted by atomic mass is 16.5. The van der Waals surface area contributed by atoms with E-state index in [1.54, 1.807) is 13.2 Å². The van der Waals surface area contributed by atoms with Crippen LogP contribution in [0.3, 0.4) is 0 Å². The lowest BCUT2D eigenvalue weighted by Crippen LogP contribution is -2.29. The molecular formula is C18H23N3O3. The van der Waals surface area contributed by atoms with Gasteiger partial charge in [-0.1, -0.05) is 18.2 Å². The summed E-state index contributed by atoms with van der Waals surface area (Å²) >= 11 is 0. The fourth-order valence-electron chi connectivity index (χ4n) is 2.34. The number of aryl methyl sites for hydroxylation is 1. The number of ether oxygens (including phenoxy) is 1. The molecule has 2 N–H and O–H groups in total. The van der Waals surface area contributed by atoms with Crippen molar-refractivity contribution in [2.24, 2.45) is 0 Å². The van der Waals surface area contributed by atoms with Crippen LogP contribution in [0.25, 0.3) is 12.2 Å². The quantitative estimate of drug-likeness (QED) is 0.768. The van der Waals surface area contributed by atoms with Crippen molar-refractivity contribution in [2.75, 3.05) is 38.3 Å². The van der Waals surface area contributed by atoms with Crippen molar-refractivity contribution in [3.63, 3.8) is 0 Å². The van der Waals surface area contributed by atoms with E-state index in [0.29, 0.717) is 24.8 Å². The molecule has 0 saturated carbocycles. The second-order valence-corrected chi connectivity index (χ2v) is 5.24. The molecule has 1 heterocycles. The van der Waals surface area contributed by atoms with Crippen molar-refractivity contribution in [1.82, 2.24) is 9.97 Å². The number of hydrogen-bond donors (Lipinski definition) is 2. The highest BCUT2D eigenvalue weighted by molar-refractivity contribution is 5.69. The monoisotopic (exact) mass is 329 g/mol. The Kier molecular flexibility index (Phi) is 6.72. The van der Waals surface area contributed by atoms with Crippen LogP contribution in [0.1, 0.15) is 17.1 Å². The molecule has 0 aliphatic heterocycles. The number of aliphatic hydroxyl groups excluding tert-OH is 2. The van der Waals surface area contributed by atoms with Gasteiger partial charge in [-0.25, -0.2) is 4.98 Å². The van der Waals surface area contributed by atoms with Gasteiger partial charge < -0.3 is 19.8 Å². The molecule has 2 rings (SSSR count). The van der Waals surface area contributed by atoms with Gasteiger partial charge in [0.1, 0.15) is 5.82 Å². The summed E-state index contributed by atoms with van der Waals surface area (Å²) in [7, 11) is 1.58. The largest absolute Gasteiger partial charge is 0.481 e. The zero-order chi connectivity index (χ0) is 17.4. The molecule has 2 aromatic rings. The van der Waals surface area contributed by atoms with Crippen LogP contribution in [0.4, 0.5) is 5.69 Å². The summed E-state index contributed by atoms with van der Waals surface area (Å²) in [5.41, 5.74) is 2.78. The van der Waals surface area contributed by atoms with E-state index in [-0.39, 0.29) is 13.2 Å². The topological polar surface area (TPSA) is 78.7 Å². The summed E-state index contributed by atoms with van der Waals surface area (Å²) < 4.78 is 5.14. The normalized spacial score (nSPS) is 11.0. The number of rotatable bonds is 8. The molecule has 0 aliphatic carbocycles. The summed E-state index contributed by atoms with van der Waals surface area (Å²) in [5.74, 6) is 1.20. The maximum absolute atomic E-state index is 9.10. The van der Waals surface area contributed by atoms with Gasteiger partial charge in [0.2, 0.25) is 5.88 Å². The zero-order valence-electron chi connectivity index (χ0n) is 14.0. The summed E-state index contributed by atoms with van der Waals surface area (Å²) in [6, 6.07) is 9.69. The number of aromatic nitrogens is 2. The number of methoxy groups -OCH3 is 1. The van der Waals surface area contributed by atoms with Crippen LogP contribution < -0.4 is 9.64 Å². The lowest BCUT2D eigenvalue weighted by molar-refractivity contribution is 0.281. The molecule has 128 valence electrons. The van der Waals surface area contributed by atoms with Gasteiger partial charge in [0.25, 0.3) is 0 Å². The third-order valence-corrected chi connectivity index (χ3v) is 3.49. The summed E-state index contributed by atoms with van der Waals surface area (Å²) in [6.45, 7) is 2.92. The summed E-state index contributed by atoms with van der Waals surface area (Å²) in [6.07, 6.45) is 3.87. The summed E-state index contributed by atoms with van der Waals surface area (Å²) in [4.78, 5) is 10.4. The average Bonchev–Trinajstić information content (AvgIpc) is 2.60. The number of aliphatic hydroxyl groups is 2. The van der Waals surface area contributed by atoms with Crippen LogP contribution in [-0.4, -0.2) is 53.6 Å². The second kappa shape index (κ2) is 9.00. The van der Waals surface area contributed by atoms with E-state index in [1.165, 1.54) is 0 Å². The maximum atomic E-state index is 9.10. The third kappa shape index (κ3) is 5.04. The SMILES string of the molecule is COc1cc(/C=C/c2ccc(N(CCO)CCO)cc2)nc(C)n1. The predicted molar refractivity (Wildman–Crippen MR) is 95.1 cm³/mol. The second-order valence-electron chi connectivity index (χ2n) is 5.24. The molecule has 0 spiro atoms. The van der Waals surface area contributed by atoms with Crippen molar-refractivity contribution in [1.29, 1.82) is 0 Å². The first-order chi connectivity index (χ1) is 11.7. The van der Waals surface area contributed by atoms with Gasteiger partial charge in [-0.05, 0) is 30.7 Å². The van der Waals surface area contributed by atoms with Gasteiger partial charge in [-0.3, -0.25) is 0 Å². The minimum Gasteiger partial charge on any atom is -0.481 e. The number of nitrogens with zero attached hydrogens (tertiary/aromatic N) is 3. The van der Waals surface area contributed by atoms with Gasteiger partial charge in [0.15, 0.2) is 0 Å². The highest BCUT2D eigenvalue weighted by Crippen LogP contribution is 2.17. The minimum atomic E-state index is 0.0521. The molecule has 0 radical (unpaired) electrons. The Labute approximate surface area is 142 Å². The van der Waals surface area contributed by atoms with Crippen LogP contribution in [-0.2, 0) is 0 Å². The van der Waals surface area contributed by atoms with E-state index in [2.05, 4.69) is 9.97 Å². The molecule has 0 unspecified atom stereocenters. The molecule has 0 aliphatic rings. The van der Waals surface area contributed by atoms with Crippen molar-refractivity contribution in [3.05, 3.63) is 47.4 Å². The Bertz CT molecular complexity index is 666. The Morgan fingerprint density at radius 1 is 1.04 bits per heavy atom. The Balaban J connectivity index is 2.12. The smallest absolute Gasteiger partial charge is 0.216 e. The molecule has 0 amide bonds.